The molecule has 4 heteroatoms. The average molecular weight is 278 g/mol. The lowest BCUT2D eigenvalue weighted by Gasteiger charge is -2.26. The number of benzene rings is 1. The molecular weight excluding hydrogens is 256 g/mol. The Hall–Kier alpha value is -1.84. The maximum absolute atomic E-state index is 11.9. The number of carboxylic acid groups (broad SMARTS) is 1. The summed E-state index contributed by atoms with van der Waals surface area (Å²) < 4.78 is 5.18. The molecule has 1 atom stereocenters. The van der Waals surface area contributed by atoms with Gasteiger partial charge in [0, 0.05) is 0 Å². The molecule has 1 aromatic carbocycles. The van der Waals surface area contributed by atoms with E-state index in [-0.39, 0.29) is 13.0 Å². The summed E-state index contributed by atoms with van der Waals surface area (Å²) in [7, 11) is 0. The molecule has 0 aliphatic rings. The second kappa shape index (κ2) is 7.68. The number of ether oxygens (including phenoxy) is 1. The van der Waals surface area contributed by atoms with Crippen LogP contribution in [0.3, 0.4) is 0 Å². The lowest BCUT2D eigenvalue weighted by Crippen LogP contribution is -2.33. The molecule has 0 spiro atoms. The zero-order valence-corrected chi connectivity index (χ0v) is 12.1. The molecule has 0 fully saturated rings. The van der Waals surface area contributed by atoms with E-state index in [9.17, 15) is 14.7 Å². The summed E-state index contributed by atoms with van der Waals surface area (Å²) in [6.07, 6.45) is 1.57. The summed E-state index contributed by atoms with van der Waals surface area (Å²) in [6, 6.07) is 9.36. The van der Waals surface area contributed by atoms with E-state index >= 15 is 0 Å². The van der Waals surface area contributed by atoms with Crippen molar-refractivity contribution in [3.63, 3.8) is 0 Å². The first-order valence-electron chi connectivity index (χ1n) is 6.97. The van der Waals surface area contributed by atoms with Gasteiger partial charge in [-0.05, 0) is 18.4 Å². The normalized spacial score (nSPS) is 13.5. The molecule has 0 saturated heterocycles. The third-order valence-electron chi connectivity index (χ3n) is 3.58. The molecule has 0 aliphatic heterocycles. The predicted octanol–water partition coefficient (Wildman–Crippen LogP) is 3.40. The van der Waals surface area contributed by atoms with E-state index in [4.69, 9.17) is 4.74 Å². The Labute approximate surface area is 119 Å². The molecule has 20 heavy (non-hydrogen) atoms. The number of carboxylic acids is 1. The fourth-order valence-corrected chi connectivity index (χ4v) is 2.27. The topological polar surface area (TPSA) is 63.6 Å². The van der Waals surface area contributed by atoms with Crippen molar-refractivity contribution in [1.82, 2.24) is 0 Å². The minimum atomic E-state index is -0.997. The van der Waals surface area contributed by atoms with E-state index < -0.39 is 17.4 Å². The maximum atomic E-state index is 11.9. The molecule has 0 aromatic heterocycles. The number of esters is 1. The van der Waals surface area contributed by atoms with E-state index in [0.29, 0.717) is 12.8 Å². The first-order chi connectivity index (χ1) is 9.54. The second-order valence-electron chi connectivity index (χ2n) is 5.01. The van der Waals surface area contributed by atoms with Crippen molar-refractivity contribution in [3.8, 4) is 0 Å². The molecule has 1 N–H and O–H groups in total. The van der Waals surface area contributed by atoms with Gasteiger partial charge in [0.2, 0.25) is 0 Å². The van der Waals surface area contributed by atoms with Crippen LogP contribution in [0.5, 0.6) is 0 Å². The molecule has 0 radical (unpaired) electrons. The van der Waals surface area contributed by atoms with Crippen LogP contribution in [0.25, 0.3) is 0 Å². The molecule has 0 aliphatic carbocycles. The predicted molar refractivity (Wildman–Crippen MR) is 76.1 cm³/mol. The molecule has 1 unspecified atom stereocenters. The number of hydrogen-bond acceptors (Lipinski definition) is 3. The molecule has 110 valence electrons. The first-order valence-corrected chi connectivity index (χ1v) is 6.97. The zero-order valence-electron chi connectivity index (χ0n) is 12.1. The van der Waals surface area contributed by atoms with Crippen LogP contribution in [0.2, 0.25) is 0 Å². The van der Waals surface area contributed by atoms with Crippen LogP contribution in [0.15, 0.2) is 30.3 Å². The smallest absolute Gasteiger partial charge is 0.310 e. The third kappa shape index (κ3) is 4.37. The second-order valence-corrected chi connectivity index (χ2v) is 5.01. The van der Waals surface area contributed by atoms with Crippen LogP contribution < -0.4 is 0 Å². The molecule has 0 amide bonds. The highest BCUT2D eigenvalue weighted by molar-refractivity contribution is 5.82. The molecule has 1 aromatic rings. The number of hydrogen-bond donors (Lipinski definition) is 1. The molecular formula is C16H22O4. The highest BCUT2D eigenvalue weighted by atomic mass is 16.5. The Kier molecular flexibility index (Phi) is 6.22. The largest absolute Gasteiger partial charge is 0.481 e. The van der Waals surface area contributed by atoms with Gasteiger partial charge in [0.1, 0.15) is 6.61 Å². The van der Waals surface area contributed by atoms with Crippen LogP contribution in [0.1, 0.15) is 45.1 Å². The highest BCUT2D eigenvalue weighted by Gasteiger charge is 2.38. The van der Waals surface area contributed by atoms with Gasteiger partial charge in [0.05, 0.1) is 11.8 Å². The number of aliphatic carboxylic acids is 1. The zero-order chi connectivity index (χ0) is 15.0. The Morgan fingerprint density at radius 1 is 1.20 bits per heavy atom. The fourth-order valence-electron chi connectivity index (χ4n) is 2.27. The van der Waals surface area contributed by atoms with Gasteiger partial charge in [0.15, 0.2) is 0 Å². The fraction of sp³-hybridized carbons (Fsp3) is 0.500. The van der Waals surface area contributed by atoms with Gasteiger partial charge in [-0.3, -0.25) is 9.59 Å². The van der Waals surface area contributed by atoms with E-state index in [1.165, 1.54) is 0 Å². The van der Waals surface area contributed by atoms with Gasteiger partial charge in [-0.25, -0.2) is 0 Å². The summed E-state index contributed by atoms with van der Waals surface area (Å²) in [4.78, 5) is 23.3. The molecule has 0 heterocycles. The minimum Gasteiger partial charge on any atom is -0.481 e. The van der Waals surface area contributed by atoms with E-state index in [0.717, 1.165) is 12.0 Å². The first kappa shape index (κ1) is 16.2. The molecule has 4 nitrogen and oxygen atoms in total. The summed E-state index contributed by atoms with van der Waals surface area (Å²) in [5.41, 5.74) is -0.100. The van der Waals surface area contributed by atoms with Crippen LogP contribution in [-0.2, 0) is 20.9 Å². The lowest BCUT2D eigenvalue weighted by molar-refractivity contribution is -0.159. The van der Waals surface area contributed by atoms with Gasteiger partial charge < -0.3 is 9.84 Å². The van der Waals surface area contributed by atoms with Gasteiger partial charge in [0.25, 0.3) is 0 Å². The Bertz CT molecular complexity index is 441. The monoisotopic (exact) mass is 278 g/mol. The van der Waals surface area contributed by atoms with Crippen molar-refractivity contribution in [3.05, 3.63) is 35.9 Å². The summed E-state index contributed by atoms with van der Waals surface area (Å²) in [6.45, 7) is 3.90. The van der Waals surface area contributed by atoms with Crippen LogP contribution in [0, 0.1) is 5.41 Å². The van der Waals surface area contributed by atoms with Crippen molar-refractivity contribution in [2.45, 2.75) is 46.1 Å². The molecule has 0 bridgehead atoms. The van der Waals surface area contributed by atoms with E-state index in [1.807, 2.05) is 37.3 Å². The van der Waals surface area contributed by atoms with Crippen LogP contribution in [-0.4, -0.2) is 17.0 Å². The van der Waals surface area contributed by atoms with Crippen molar-refractivity contribution in [2.24, 2.45) is 5.41 Å². The van der Waals surface area contributed by atoms with Gasteiger partial charge in [-0.15, -0.1) is 0 Å². The van der Waals surface area contributed by atoms with Crippen molar-refractivity contribution >= 4 is 11.9 Å². The van der Waals surface area contributed by atoms with E-state index in [1.54, 1.807) is 6.92 Å². The van der Waals surface area contributed by atoms with Crippen molar-refractivity contribution in [2.75, 3.05) is 0 Å². The molecule has 1 rings (SSSR count). The number of rotatable bonds is 8. The van der Waals surface area contributed by atoms with Gasteiger partial charge >= 0.3 is 11.9 Å². The maximum Gasteiger partial charge on any atom is 0.310 e. The Balaban J connectivity index is 2.60. The van der Waals surface area contributed by atoms with Gasteiger partial charge in [-0.1, -0.05) is 50.6 Å². The van der Waals surface area contributed by atoms with Crippen LogP contribution in [0.4, 0.5) is 0 Å². The summed E-state index contributed by atoms with van der Waals surface area (Å²) in [5.74, 6) is -1.37. The third-order valence-corrected chi connectivity index (χ3v) is 3.58. The van der Waals surface area contributed by atoms with Crippen molar-refractivity contribution < 1.29 is 19.4 Å². The Morgan fingerprint density at radius 2 is 1.85 bits per heavy atom. The SMILES string of the molecule is CCCC(CC)(CC(=O)OCc1ccccc1)C(=O)O. The molecule has 0 saturated carbocycles. The average Bonchev–Trinajstić information content (AvgIpc) is 2.45. The lowest BCUT2D eigenvalue weighted by atomic mass is 9.78. The van der Waals surface area contributed by atoms with Gasteiger partial charge in [-0.2, -0.15) is 0 Å². The number of carbonyl (C=O) groups excluding carboxylic acids is 1. The Morgan fingerprint density at radius 3 is 2.35 bits per heavy atom. The minimum absolute atomic E-state index is 0.0699. The summed E-state index contributed by atoms with van der Waals surface area (Å²) >= 11 is 0. The van der Waals surface area contributed by atoms with Crippen LogP contribution >= 0.6 is 0 Å². The standard InChI is InChI=1S/C16H22O4/c1-3-10-16(4-2,15(18)19)11-14(17)20-12-13-8-6-5-7-9-13/h5-9H,3-4,10-12H2,1-2H3,(H,18,19). The highest BCUT2D eigenvalue weighted by Crippen LogP contribution is 2.33. The summed E-state index contributed by atoms with van der Waals surface area (Å²) in [5, 5.41) is 9.38. The van der Waals surface area contributed by atoms with Crippen molar-refractivity contribution in [1.29, 1.82) is 0 Å². The quantitative estimate of drug-likeness (QED) is 0.740. The number of carbonyl (C=O) groups is 2. The van der Waals surface area contributed by atoms with E-state index in [2.05, 4.69) is 0 Å².